The van der Waals surface area contributed by atoms with Gasteiger partial charge < -0.3 is 10.8 Å². The van der Waals surface area contributed by atoms with Crippen molar-refractivity contribution in [2.45, 2.75) is 12.4 Å². The summed E-state index contributed by atoms with van der Waals surface area (Å²) >= 11 is 0. The number of aromatic carboxylic acids is 1. The fourth-order valence-corrected chi connectivity index (χ4v) is 1.00. The first kappa shape index (κ1) is 14.0. The molecule has 0 aromatic carbocycles. The van der Waals surface area contributed by atoms with Crippen LogP contribution in [0.25, 0.3) is 0 Å². The number of hydrogen-bond acceptors (Lipinski definition) is 4. The molecular weight excluding hydrogens is 272 g/mol. The Kier molecular flexibility index (Phi) is 3.11. The van der Waals surface area contributed by atoms with E-state index in [0.717, 1.165) is 0 Å². The van der Waals surface area contributed by atoms with E-state index in [9.17, 15) is 31.1 Å². The van der Waals surface area contributed by atoms with Crippen LogP contribution >= 0.6 is 0 Å². The molecule has 18 heavy (non-hydrogen) atoms. The summed E-state index contributed by atoms with van der Waals surface area (Å²) in [5, 5.41) is 8.42. The van der Waals surface area contributed by atoms with Crippen LogP contribution in [0.4, 0.5) is 32.2 Å². The lowest BCUT2D eigenvalue weighted by Gasteiger charge is -2.14. The number of alkyl halides is 6. The van der Waals surface area contributed by atoms with Gasteiger partial charge in [0.05, 0.1) is 0 Å². The Bertz CT molecular complexity index is 495. The molecule has 0 aliphatic rings. The summed E-state index contributed by atoms with van der Waals surface area (Å²) in [5.74, 6) is -3.26. The molecule has 0 aliphatic carbocycles. The van der Waals surface area contributed by atoms with Gasteiger partial charge in [-0.25, -0.2) is 14.8 Å². The molecule has 5 nitrogen and oxygen atoms in total. The maximum absolute atomic E-state index is 12.3. The van der Waals surface area contributed by atoms with Crippen molar-refractivity contribution in [2.75, 3.05) is 5.73 Å². The molecule has 1 aromatic heterocycles. The van der Waals surface area contributed by atoms with Gasteiger partial charge in [-0.15, -0.1) is 0 Å². The van der Waals surface area contributed by atoms with Gasteiger partial charge in [0.25, 0.3) is 0 Å². The molecule has 3 N–H and O–H groups in total. The van der Waals surface area contributed by atoms with E-state index in [1.807, 2.05) is 0 Å². The Hall–Kier alpha value is -2.07. The summed E-state index contributed by atoms with van der Waals surface area (Å²) in [6, 6.07) is 0. The average molecular weight is 275 g/mol. The highest BCUT2D eigenvalue weighted by Gasteiger charge is 2.47. The van der Waals surface area contributed by atoms with E-state index in [2.05, 4.69) is 9.97 Å². The molecule has 100 valence electrons. The largest absolute Gasteiger partial charge is 0.476 e. The van der Waals surface area contributed by atoms with Crippen molar-refractivity contribution in [3.63, 3.8) is 0 Å². The number of nitrogens with zero attached hydrogens (tertiary/aromatic N) is 2. The van der Waals surface area contributed by atoms with E-state index in [1.54, 1.807) is 0 Å². The van der Waals surface area contributed by atoms with Gasteiger partial charge in [0.1, 0.15) is 0 Å². The maximum Gasteiger partial charge on any atom is 0.435 e. The van der Waals surface area contributed by atoms with E-state index in [0.29, 0.717) is 0 Å². The molecule has 0 radical (unpaired) electrons. The van der Waals surface area contributed by atoms with Crippen molar-refractivity contribution in [3.05, 3.63) is 17.1 Å². The molecule has 0 bridgehead atoms. The number of nitrogen functional groups attached to an aromatic ring is 1. The first-order valence-corrected chi connectivity index (χ1v) is 3.99. The highest BCUT2D eigenvalue weighted by Crippen LogP contribution is 2.38. The summed E-state index contributed by atoms with van der Waals surface area (Å²) in [6.07, 6.45) is -11.0. The minimum Gasteiger partial charge on any atom is -0.476 e. The first-order chi connectivity index (χ1) is 7.94. The third-order valence-electron chi connectivity index (χ3n) is 1.66. The maximum atomic E-state index is 12.3. The topological polar surface area (TPSA) is 89.1 Å². The molecular formula is C7H3F6N3O2. The van der Waals surface area contributed by atoms with Crippen LogP contribution < -0.4 is 5.73 Å². The first-order valence-electron chi connectivity index (χ1n) is 3.99. The highest BCUT2D eigenvalue weighted by molar-refractivity contribution is 5.90. The SMILES string of the molecule is Nc1nc(C(F)(F)F)c(C(F)(F)F)nc1C(=O)O. The van der Waals surface area contributed by atoms with Crippen LogP contribution in [-0.2, 0) is 12.4 Å². The number of anilines is 1. The molecule has 0 aliphatic heterocycles. The standard InChI is InChI=1S/C7H3F6N3O2/c8-6(9,10)2-3(7(11,12)13)16-4(14)1(15-2)5(17)18/h(H2,14,16)(H,17,18). The molecule has 0 unspecified atom stereocenters. The number of carbonyl (C=O) groups is 1. The number of aromatic nitrogens is 2. The van der Waals surface area contributed by atoms with Gasteiger partial charge in [0, 0.05) is 0 Å². The number of hydrogen-bond donors (Lipinski definition) is 2. The monoisotopic (exact) mass is 275 g/mol. The molecule has 1 aromatic rings. The second-order valence-corrected chi connectivity index (χ2v) is 2.96. The number of carboxylic acid groups (broad SMARTS) is 1. The van der Waals surface area contributed by atoms with Crippen molar-refractivity contribution >= 4 is 11.8 Å². The predicted octanol–water partition coefficient (Wildman–Crippen LogP) is 1.79. The summed E-state index contributed by atoms with van der Waals surface area (Å²) in [5.41, 5.74) is -1.40. The van der Waals surface area contributed by atoms with Gasteiger partial charge in [0.15, 0.2) is 22.9 Å². The fraction of sp³-hybridized carbons (Fsp3) is 0.286. The lowest BCUT2D eigenvalue weighted by molar-refractivity contribution is -0.167. The van der Waals surface area contributed by atoms with Crippen LogP contribution in [0.3, 0.4) is 0 Å². The molecule has 11 heteroatoms. The smallest absolute Gasteiger partial charge is 0.435 e. The molecule has 0 fully saturated rings. The van der Waals surface area contributed by atoms with Crippen molar-refractivity contribution in [1.82, 2.24) is 9.97 Å². The quantitative estimate of drug-likeness (QED) is 0.763. The summed E-state index contributed by atoms with van der Waals surface area (Å²) in [4.78, 5) is 15.2. The number of nitrogens with two attached hydrogens (primary N) is 1. The Morgan fingerprint density at radius 3 is 1.72 bits per heavy atom. The second-order valence-electron chi connectivity index (χ2n) is 2.96. The molecule has 0 saturated carbocycles. The van der Waals surface area contributed by atoms with E-state index < -0.39 is 41.2 Å². The summed E-state index contributed by atoms with van der Waals surface area (Å²) in [6.45, 7) is 0. The van der Waals surface area contributed by atoms with E-state index >= 15 is 0 Å². The van der Waals surface area contributed by atoms with Gasteiger partial charge in [-0.2, -0.15) is 26.3 Å². The van der Waals surface area contributed by atoms with Crippen molar-refractivity contribution < 1.29 is 36.2 Å². The molecule has 0 amide bonds. The fourth-order valence-electron chi connectivity index (χ4n) is 1.00. The minimum absolute atomic E-state index is 1.25. The third kappa shape index (κ3) is 2.60. The van der Waals surface area contributed by atoms with Gasteiger partial charge in [-0.1, -0.05) is 0 Å². The van der Waals surface area contributed by atoms with Crippen molar-refractivity contribution in [1.29, 1.82) is 0 Å². The lowest BCUT2D eigenvalue weighted by Crippen LogP contribution is -2.24. The zero-order chi connectivity index (χ0) is 14.3. The molecule has 0 saturated heterocycles. The van der Waals surface area contributed by atoms with Crippen LogP contribution in [0.15, 0.2) is 0 Å². The number of halogens is 6. The van der Waals surface area contributed by atoms with Crippen LogP contribution in [0, 0.1) is 0 Å². The molecule has 0 atom stereocenters. The Morgan fingerprint density at radius 2 is 1.39 bits per heavy atom. The Labute approximate surface area is 94.3 Å². The van der Waals surface area contributed by atoms with Crippen LogP contribution in [0.1, 0.15) is 21.9 Å². The minimum atomic E-state index is -5.50. The van der Waals surface area contributed by atoms with Crippen molar-refractivity contribution in [3.8, 4) is 0 Å². The van der Waals surface area contributed by atoms with E-state index in [4.69, 9.17) is 10.8 Å². The molecule has 0 spiro atoms. The number of carboxylic acids is 1. The summed E-state index contributed by atoms with van der Waals surface area (Å²) in [7, 11) is 0. The predicted molar refractivity (Wildman–Crippen MR) is 43.4 cm³/mol. The second kappa shape index (κ2) is 3.99. The zero-order valence-corrected chi connectivity index (χ0v) is 8.10. The molecule has 1 heterocycles. The van der Waals surface area contributed by atoms with E-state index in [1.165, 1.54) is 0 Å². The summed E-state index contributed by atoms with van der Waals surface area (Å²) < 4.78 is 73.8. The third-order valence-corrected chi connectivity index (χ3v) is 1.66. The zero-order valence-electron chi connectivity index (χ0n) is 8.10. The lowest BCUT2D eigenvalue weighted by atomic mass is 10.2. The average Bonchev–Trinajstić information content (AvgIpc) is 2.13. The normalized spacial score (nSPS) is 12.6. The van der Waals surface area contributed by atoms with Gasteiger partial charge in [-0.05, 0) is 0 Å². The van der Waals surface area contributed by atoms with Gasteiger partial charge in [0.2, 0.25) is 0 Å². The van der Waals surface area contributed by atoms with Crippen LogP contribution in [-0.4, -0.2) is 21.0 Å². The Morgan fingerprint density at radius 1 is 1.00 bits per heavy atom. The van der Waals surface area contributed by atoms with Crippen molar-refractivity contribution in [2.24, 2.45) is 0 Å². The van der Waals surface area contributed by atoms with Gasteiger partial charge in [-0.3, -0.25) is 0 Å². The van der Waals surface area contributed by atoms with Crippen LogP contribution in [0.2, 0.25) is 0 Å². The number of rotatable bonds is 1. The van der Waals surface area contributed by atoms with E-state index in [-0.39, 0.29) is 0 Å². The van der Waals surface area contributed by atoms with Crippen LogP contribution in [0.5, 0.6) is 0 Å². The molecule has 1 rings (SSSR count). The highest BCUT2D eigenvalue weighted by atomic mass is 19.4. The van der Waals surface area contributed by atoms with Gasteiger partial charge >= 0.3 is 18.3 Å². The Balaban J connectivity index is 3.64.